The fourth-order valence-corrected chi connectivity index (χ4v) is 5.34. The summed E-state index contributed by atoms with van der Waals surface area (Å²) in [5.41, 5.74) is 1.08. The number of benzene rings is 2. The van der Waals surface area contributed by atoms with Gasteiger partial charge >= 0.3 is 0 Å². The predicted molar refractivity (Wildman–Crippen MR) is 119 cm³/mol. The highest BCUT2D eigenvalue weighted by Gasteiger charge is 2.33. The monoisotopic (exact) mass is 464 g/mol. The van der Waals surface area contributed by atoms with Gasteiger partial charge in [-0.15, -0.1) is 0 Å². The number of ether oxygens (including phenoxy) is 2. The van der Waals surface area contributed by atoms with Crippen molar-refractivity contribution in [3.8, 4) is 11.5 Å². The van der Waals surface area contributed by atoms with Gasteiger partial charge in [0.2, 0.25) is 15.9 Å². The number of hydrogen-bond acceptors (Lipinski definition) is 5. The second-order valence-electron chi connectivity index (χ2n) is 7.74. The molecule has 3 rings (SSSR count). The molecular weight excluding hydrogens is 435 g/mol. The summed E-state index contributed by atoms with van der Waals surface area (Å²) in [5, 5.41) is 2.93. The van der Waals surface area contributed by atoms with Crippen LogP contribution >= 0.6 is 0 Å². The van der Waals surface area contributed by atoms with E-state index >= 15 is 0 Å². The van der Waals surface area contributed by atoms with Crippen molar-refractivity contribution in [1.82, 2.24) is 9.62 Å². The number of carbonyl (C=O) groups excluding carboxylic acids is 1. The minimum atomic E-state index is -3.75. The summed E-state index contributed by atoms with van der Waals surface area (Å²) in [6, 6.07) is 10.5. The van der Waals surface area contributed by atoms with E-state index in [0.29, 0.717) is 37.4 Å². The maximum absolute atomic E-state index is 13.1. The van der Waals surface area contributed by atoms with Crippen molar-refractivity contribution < 1.29 is 27.1 Å². The molecule has 0 aromatic heterocycles. The van der Waals surface area contributed by atoms with Crippen molar-refractivity contribution >= 4 is 15.9 Å². The highest BCUT2D eigenvalue weighted by molar-refractivity contribution is 7.89. The highest BCUT2D eigenvalue weighted by Crippen LogP contribution is 2.28. The van der Waals surface area contributed by atoms with Gasteiger partial charge in [0.25, 0.3) is 0 Å². The maximum atomic E-state index is 13.1. The van der Waals surface area contributed by atoms with Crippen LogP contribution in [0.4, 0.5) is 4.39 Å². The molecular formula is C23H29FN2O5S. The van der Waals surface area contributed by atoms with Gasteiger partial charge in [-0.2, -0.15) is 4.31 Å². The molecule has 1 aliphatic rings. The van der Waals surface area contributed by atoms with Crippen molar-refractivity contribution in [2.75, 3.05) is 33.9 Å². The van der Waals surface area contributed by atoms with Crippen molar-refractivity contribution in [3.63, 3.8) is 0 Å². The zero-order chi connectivity index (χ0) is 23.1. The average molecular weight is 465 g/mol. The van der Waals surface area contributed by atoms with Gasteiger partial charge in [0.05, 0.1) is 25.0 Å². The molecule has 1 saturated heterocycles. The summed E-state index contributed by atoms with van der Waals surface area (Å²) in [4.78, 5) is 12.7. The first-order valence-corrected chi connectivity index (χ1v) is 12.0. The normalized spacial score (nSPS) is 17.0. The number of sulfonamides is 1. The molecule has 2 aromatic carbocycles. The van der Waals surface area contributed by atoms with Gasteiger partial charge in [-0.25, -0.2) is 12.8 Å². The van der Waals surface area contributed by atoms with Crippen LogP contribution in [0.25, 0.3) is 0 Å². The van der Waals surface area contributed by atoms with Gasteiger partial charge in [-0.1, -0.05) is 6.07 Å². The van der Waals surface area contributed by atoms with Crippen molar-refractivity contribution in [3.05, 3.63) is 53.8 Å². The first-order chi connectivity index (χ1) is 15.3. The number of rotatable bonds is 9. The van der Waals surface area contributed by atoms with Gasteiger partial charge < -0.3 is 14.8 Å². The molecule has 174 valence electrons. The van der Waals surface area contributed by atoms with Crippen molar-refractivity contribution in [1.29, 1.82) is 0 Å². The lowest BCUT2D eigenvalue weighted by atomic mass is 9.99. The Bertz CT molecular complexity index is 1030. The number of aryl methyl sites for hydroxylation is 1. The summed E-state index contributed by atoms with van der Waals surface area (Å²) in [7, 11) is -0.578. The number of halogens is 1. The summed E-state index contributed by atoms with van der Waals surface area (Å²) in [5.74, 6) is 0.296. The Morgan fingerprint density at radius 3 is 2.53 bits per heavy atom. The highest BCUT2D eigenvalue weighted by atomic mass is 32.2. The number of amides is 1. The Labute approximate surface area is 188 Å². The fourth-order valence-electron chi connectivity index (χ4n) is 3.81. The van der Waals surface area contributed by atoms with E-state index in [1.807, 2.05) is 18.2 Å². The van der Waals surface area contributed by atoms with Gasteiger partial charge in [0.15, 0.2) is 11.5 Å². The Morgan fingerprint density at radius 1 is 1.12 bits per heavy atom. The maximum Gasteiger partial charge on any atom is 0.243 e. The molecule has 0 spiro atoms. The molecule has 0 saturated carbocycles. The van der Waals surface area contributed by atoms with E-state index in [9.17, 15) is 17.6 Å². The molecule has 32 heavy (non-hydrogen) atoms. The summed E-state index contributed by atoms with van der Waals surface area (Å²) in [6.45, 7) is 0.971. The molecule has 1 amide bonds. The largest absolute Gasteiger partial charge is 0.493 e. The Balaban J connectivity index is 1.50. The van der Waals surface area contributed by atoms with Gasteiger partial charge in [-0.3, -0.25) is 4.79 Å². The third-order valence-corrected chi connectivity index (χ3v) is 7.48. The van der Waals surface area contributed by atoms with Crippen LogP contribution in [0.3, 0.4) is 0 Å². The first-order valence-electron chi connectivity index (χ1n) is 10.6. The zero-order valence-electron chi connectivity index (χ0n) is 18.3. The molecule has 7 nitrogen and oxygen atoms in total. The summed E-state index contributed by atoms with van der Waals surface area (Å²) in [6.07, 6.45) is 2.74. The number of piperidine rings is 1. The molecule has 1 atom stereocenters. The number of hydrogen-bond donors (Lipinski definition) is 1. The lowest BCUT2D eigenvalue weighted by Gasteiger charge is -2.31. The lowest BCUT2D eigenvalue weighted by Crippen LogP contribution is -2.45. The molecule has 0 aliphatic carbocycles. The standard InChI is InChI=1S/C23H29FN2O5S/c1-30-21-12-7-17(15-22(21)31-2)5-3-13-25-23(27)18-6-4-14-26(16-18)32(28,29)20-10-8-19(24)9-11-20/h7-12,15,18H,3-6,13-14,16H2,1-2H3,(H,25,27). The van der Waals surface area contributed by atoms with Crippen LogP contribution in [0.15, 0.2) is 47.4 Å². The van der Waals surface area contributed by atoms with E-state index in [0.717, 1.165) is 30.5 Å². The smallest absolute Gasteiger partial charge is 0.243 e. The molecule has 0 bridgehead atoms. The quantitative estimate of drug-likeness (QED) is 0.577. The third-order valence-electron chi connectivity index (χ3n) is 5.60. The first kappa shape index (κ1) is 24.0. The second-order valence-corrected chi connectivity index (χ2v) is 9.68. The molecule has 2 aromatic rings. The van der Waals surface area contributed by atoms with Crippen LogP contribution in [0.5, 0.6) is 11.5 Å². The third kappa shape index (κ3) is 5.77. The van der Waals surface area contributed by atoms with E-state index in [2.05, 4.69) is 5.32 Å². The Hall–Kier alpha value is -2.65. The van der Waals surface area contributed by atoms with Crippen LogP contribution in [0.2, 0.25) is 0 Å². The zero-order valence-corrected chi connectivity index (χ0v) is 19.2. The lowest BCUT2D eigenvalue weighted by molar-refractivity contribution is -0.126. The minimum absolute atomic E-state index is 0.0369. The van der Waals surface area contributed by atoms with E-state index in [-0.39, 0.29) is 17.3 Å². The molecule has 1 N–H and O–H groups in total. The van der Waals surface area contributed by atoms with Gasteiger partial charge in [0.1, 0.15) is 5.82 Å². The minimum Gasteiger partial charge on any atom is -0.493 e. The Morgan fingerprint density at radius 2 is 1.84 bits per heavy atom. The van der Waals surface area contributed by atoms with Crippen molar-refractivity contribution in [2.24, 2.45) is 5.92 Å². The summed E-state index contributed by atoms with van der Waals surface area (Å²) >= 11 is 0. The SMILES string of the molecule is COc1ccc(CCCNC(=O)C2CCCN(S(=O)(=O)c3ccc(F)cc3)C2)cc1OC. The Kier molecular flexibility index (Phi) is 8.09. The molecule has 1 heterocycles. The van der Waals surface area contributed by atoms with Crippen LogP contribution in [0, 0.1) is 11.7 Å². The molecule has 1 aliphatic heterocycles. The summed E-state index contributed by atoms with van der Waals surface area (Å²) < 4.78 is 50.7. The topological polar surface area (TPSA) is 84.9 Å². The van der Waals surface area contributed by atoms with Gasteiger partial charge in [0, 0.05) is 19.6 Å². The number of carbonyl (C=O) groups is 1. The van der Waals surface area contributed by atoms with Crippen molar-refractivity contribution in [2.45, 2.75) is 30.6 Å². The van der Waals surface area contributed by atoms with Crippen LogP contribution < -0.4 is 14.8 Å². The van der Waals surface area contributed by atoms with E-state index < -0.39 is 21.8 Å². The van der Waals surface area contributed by atoms with E-state index in [4.69, 9.17) is 9.47 Å². The van der Waals surface area contributed by atoms with E-state index in [1.54, 1.807) is 14.2 Å². The molecule has 0 radical (unpaired) electrons. The predicted octanol–water partition coefficient (Wildman–Crippen LogP) is 2.99. The molecule has 1 unspecified atom stereocenters. The fraction of sp³-hybridized carbons (Fsp3) is 0.435. The second kappa shape index (κ2) is 10.8. The number of nitrogens with zero attached hydrogens (tertiary/aromatic N) is 1. The number of methoxy groups -OCH3 is 2. The average Bonchev–Trinajstić information content (AvgIpc) is 2.81. The molecule has 9 heteroatoms. The van der Waals surface area contributed by atoms with Gasteiger partial charge in [-0.05, 0) is 67.6 Å². The molecule has 1 fully saturated rings. The number of nitrogens with one attached hydrogen (secondary N) is 1. The van der Waals surface area contributed by atoms with Crippen LogP contribution in [-0.2, 0) is 21.2 Å². The van der Waals surface area contributed by atoms with E-state index in [1.165, 1.54) is 16.4 Å². The van der Waals surface area contributed by atoms with Crippen LogP contribution in [-0.4, -0.2) is 52.5 Å². The van der Waals surface area contributed by atoms with Crippen LogP contribution in [0.1, 0.15) is 24.8 Å².